The summed E-state index contributed by atoms with van der Waals surface area (Å²) in [5.41, 5.74) is 1.07. The lowest BCUT2D eigenvalue weighted by Gasteiger charge is -2.20. The predicted octanol–water partition coefficient (Wildman–Crippen LogP) is 3.71. The third-order valence-corrected chi connectivity index (χ3v) is 3.82. The van der Waals surface area contributed by atoms with Crippen LogP contribution < -0.4 is 10.2 Å². The molecule has 23 heavy (non-hydrogen) atoms. The second-order valence-electron chi connectivity index (χ2n) is 5.39. The van der Waals surface area contributed by atoms with Gasteiger partial charge in [0.05, 0.1) is 17.8 Å². The Bertz CT molecular complexity index is 728. The van der Waals surface area contributed by atoms with Crippen LogP contribution in [0, 0.1) is 0 Å². The molecule has 1 aliphatic rings. The maximum Gasteiger partial charge on any atom is 0.418 e. The molecule has 1 aliphatic heterocycles. The van der Waals surface area contributed by atoms with Crippen molar-refractivity contribution in [2.75, 3.05) is 23.3 Å². The molecule has 1 N–H and O–H groups in total. The zero-order valence-electron chi connectivity index (χ0n) is 12.2. The molecule has 0 unspecified atom stereocenters. The van der Waals surface area contributed by atoms with Crippen molar-refractivity contribution in [2.24, 2.45) is 0 Å². The van der Waals surface area contributed by atoms with E-state index in [4.69, 9.17) is 0 Å². The van der Waals surface area contributed by atoms with Gasteiger partial charge in [0.1, 0.15) is 0 Å². The molecule has 0 saturated carbocycles. The molecule has 2 aromatic rings. The van der Waals surface area contributed by atoms with E-state index >= 15 is 0 Å². The third kappa shape index (κ3) is 3.31. The molecule has 3 rings (SSSR count). The topological polar surface area (TPSA) is 32.3 Å². The van der Waals surface area contributed by atoms with Crippen LogP contribution in [-0.4, -0.2) is 19.0 Å². The number of hydrogen-bond acceptors (Lipinski definition) is 2. The normalized spacial score (nSPS) is 13.8. The summed E-state index contributed by atoms with van der Waals surface area (Å²) in [5, 5.41) is 2.37. The lowest BCUT2D eigenvalue weighted by Crippen LogP contribution is -2.32. The molecule has 0 aromatic heterocycles. The summed E-state index contributed by atoms with van der Waals surface area (Å²) < 4.78 is 38.8. The first-order chi connectivity index (χ1) is 10.9. The maximum absolute atomic E-state index is 12.9. The summed E-state index contributed by atoms with van der Waals surface area (Å²) in [7, 11) is 0. The number of benzene rings is 2. The van der Waals surface area contributed by atoms with Crippen LogP contribution in [0.4, 0.5) is 24.5 Å². The summed E-state index contributed by atoms with van der Waals surface area (Å²) in [4.78, 5) is 14.0. The summed E-state index contributed by atoms with van der Waals surface area (Å²) >= 11 is 0. The Morgan fingerprint density at radius 2 is 1.78 bits per heavy atom. The van der Waals surface area contributed by atoms with Gasteiger partial charge in [-0.3, -0.25) is 4.79 Å². The van der Waals surface area contributed by atoms with Gasteiger partial charge in [-0.2, -0.15) is 13.2 Å². The monoisotopic (exact) mass is 320 g/mol. The molecule has 0 saturated heterocycles. The van der Waals surface area contributed by atoms with Gasteiger partial charge in [0, 0.05) is 12.2 Å². The Morgan fingerprint density at radius 3 is 2.57 bits per heavy atom. The van der Waals surface area contributed by atoms with Gasteiger partial charge in [0.25, 0.3) is 0 Å². The first kappa shape index (κ1) is 15.4. The molecule has 6 heteroatoms. The average Bonchev–Trinajstić information content (AvgIpc) is 2.90. The number of rotatable bonds is 3. The Balaban J connectivity index is 1.72. The minimum atomic E-state index is -4.50. The number of amides is 1. The highest BCUT2D eigenvalue weighted by Gasteiger charge is 2.33. The quantitative estimate of drug-likeness (QED) is 0.935. The van der Waals surface area contributed by atoms with Crippen LogP contribution in [0.3, 0.4) is 0 Å². The van der Waals surface area contributed by atoms with E-state index in [1.807, 2.05) is 29.2 Å². The van der Waals surface area contributed by atoms with Gasteiger partial charge in [0.2, 0.25) is 5.91 Å². The van der Waals surface area contributed by atoms with Gasteiger partial charge < -0.3 is 10.2 Å². The number of para-hydroxylation sites is 2. The minimum Gasteiger partial charge on any atom is -0.362 e. The maximum atomic E-state index is 12.9. The zero-order chi connectivity index (χ0) is 16.4. The van der Waals surface area contributed by atoms with Crippen molar-refractivity contribution in [1.82, 2.24) is 0 Å². The molecule has 0 bridgehead atoms. The summed E-state index contributed by atoms with van der Waals surface area (Å²) in [6.07, 6.45) is -3.66. The second-order valence-corrected chi connectivity index (χ2v) is 5.39. The molecule has 0 radical (unpaired) electrons. The van der Waals surface area contributed by atoms with Gasteiger partial charge in [-0.25, -0.2) is 0 Å². The lowest BCUT2D eigenvalue weighted by atomic mass is 10.1. The van der Waals surface area contributed by atoms with Crippen LogP contribution in [0.1, 0.15) is 11.1 Å². The summed E-state index contributed by atoms with van der Waals surface area (Å²) in [5.74, 6) is -0.460. The molecular formula is C17H15F3N2O. The van der Waals surface area contributed by atoms with E-state index in [9.17, 15) is 18.0 Å². The van der Waals surface area contributed by atoms with Crippen molar-refractivity contribution in [1.29, 1.82) is 0 Å². The second kappa shape index (κ2) is 5.95. The number of nitrogens with one attached hydrogen (secondary N) is 1. The van der Waals surface area contributed by atoms with Gasteiger partial charge in [0.15, 0.2) is 0 Å². The summed E-state index contributed by atoms with van der Waals surface area (Å²) in [6.45, 7) is 0.719. The number of nitrogens with zero attached hydrogens (tertiary/aromatic N) is 1. The smallest absolute Gasteiger partial charge is 0.362 e. The van der Waals surface area contributed by atoms with Crippen LogP contribution in [-0.2, 0) is 17.4 Å². The third-order valence-electron chi connectivity index (χ3n) is 3.82. The van der Waals surface area contributed by atoms with Crippen molar-refractivity contribution >= 4 is 17.3 Å². The van der Waals surface area contributed by atoms with Crippen LogP contribution in [0.25, 0.3) is 0 Å². The molecule has 120 valence electrons. The molecule has 2 aromatic carbocycles. The van der Waals surface area contributed by atoms with Crippen LogP contribution in [0.5, 0.6) is 0 Å². The largest absolute Gasteiger partial charge is 0.418 e. The molecular weight excluding hydrogens is 305 g/mol. The highest BCUT2D eigenvalue weighted by atomic mass is 19.4. The minimum absolute atomic E-state index is 0.0310. The molecule has 0 aliphatic carbocycles. The Morgan fingerprint density at radius 1 is 1.09 bits per heavy atom. The number of anilines is 2. The van der Waals surface area contributed by atoms with Gasteiger partial charge in [-0.15, -0.1) is 0 Å². The zero-order valence-corrected chi connectivity index (χ0v) is 12.2. The van der Waals surface area contributed by atoms with Crippen LogP contribution >= 0.6 is 0 Å². The molecule has 3 nitrogen and oxygen atoms in total. The lowest BCUT2D eigenvalue weighted by molar-refractivity contribution is -0.137. The van der Waals surface area contributed by atoms with E-state index in [1.54, 1.807) is 0 Å². The molecule has 0 spiro atoms. The predicted molar refractivity (Wildman–Crippen MR) is 82.4 cm³/mol. The van der Waals surface area contributed by atoms with E-state index in [2.05, 4.69) is 5.32 Å². The molecule has 1 heterocycles. The first-order valence-corrected chi connectivity index (χ1v) is 7.24. The van der Waals surface area contributed by atoms with Crippen LogP contribution in [0.15, 0.2) is 48.5 Å². The Labute approximate surface area is 131 Å². The SMILES string of the molecule is O=C(CN1CCc2ccccc21)Nc1ccccc1C(F)(F)F. The number of carbonyl (C=O) groups is 1. The fraction of sp³-hybridized carbons (Fsp3) is 0.235. The van der Waals surface area contributed by atoms with Crippen molar-refractivity contribution in [3.05, 3.63) is 59.7 Å². The van der Waals surface area contributed by atoms with Gasteiger partial charge in [-0.05, 0) is 30.2 Å². The van der Waals surface area contributed by atoms with Crippen molar-refractivity contribution in [3.63, 3.8) is 0 Å². The van der Waals surface area contributed by atoms with E-state index in [1.165, 1.54) is 18.2 Å². The first-order valence-electron chi connectivity index (χ1n) is 7.24. The van der Waals surface area contributed by atoms with Crippen molar-refractivity contribution in [2.45, 2.75) is 12.6 Å². The highest BCUT2D eigenvalue weighted by Crippen LogP contribution is 2.34. The van der Waals surface area contributed by atoms with Gasteiger partial charge >= 0.3 is 6.18 Å². The number of fused-ring (bicyclic) bond motifs is 1. The standard InChI is InChI=1S/C17H15F3N2O/c18-17(19,20)13-6-2-3-7-14(13)21-16(23)11-22-10-9-12-5-1-4-8-15(12)22/h1-8H,9-11H2,(H,21,23). The number of alkyl halides is 3. The number of carbonyl (C=O) groups excluding carboxylic acids is 1. The van der Waals surface area contributed by atoms with Crippen molar-refractivity contribution < 1.29 is 18.0 Å². The number of hydrogen-bond donors (Lipinski definition) is 1. The fourth-order valence-corrected chi connectivity index (χ4v) is 2.77. The molecule has 1 amide bonds. The Kier molecular flexibility index (Phi) is 3.98. The fourth-order valence-electron chi connectivity index (χ4n) is 2.77. The number of halogens is 3. The van der Waals surface area contributed by atoms with E-state index in [-0.39, 0.29) is 12.2 Å². The Hall–Kier alpha value is -2.50. The van der Waals surface area contributed by atoms with E-state index in [0.717, 1.165) is 23.7 Å². The highest BCUT2D eigenvalue weighted by molar-refractivity contribution is 5.95. The van der Waals surface area contributed by atoms with Gasteiger partial charge in [-0.1, -0.05) is 30.3 Å². The average molecular weight is 320 g/mol. The van der Waals surface area contributed by atoms with E-state index < -0.39 is 17.6 Å². The van der Waals surface area contributed by atoms with E-state index in [0.29, 0.717) is 6.54 Å². The summed E-state index contributed by atoms with van der Waals surface area (Å²) in [6, 6.07) is 12.7. The van der Waals surface area contributed by atoms with Crippen LogP contribution in [0.2, 0.25) is 0 Å². The van der Waals surface area contributed by atoms with Crippen molar-refractivity contribution in [3.8, 4) is 0 Å². The molecule has 0 fully saturated rings. The molecule has 0 atom stereocenters.